The fourth-order valence-corrected chi connectivity index (χ4v) is 4.98. The molecule has 8 heteroatoms. The van der Waals surface area contributed by atoms with Crippen molar-refractivity contribution in [2.45, 2.75) is 39.4 Å². The zero-order chi connectivity index (χ0) is 22.0. The number of ether oxygens (including phenoxy) is 1. The van der Waals surface area contributed by atoms with Gasteiger partial charge in [0.05, 0.1) is 19.0 Å². The number of Topliss-reactive ketones (excluding diaryl/α,β-unsaturated/α-hetero) is 1. The number of aryl methyl sites for hydroxylation is 2. The Morgan fingerprint density at radius 1 is 1.13 bits per heavy atom. The number of morpholine rings is 1. The lowest BCUT2D eigenvalue weighted by atomic mass is 10.1. The molecule has 164 valence electrons. The number of hydrogen-bond donors (Lipinski definition) is 0. The highest BCUT2D eigenvalue weighted by Crippen LogP contribution is 2.27. The van der Waals surface area contributed by atoms with Crippen LogP contribution in [-0.2, 0) is 11.3 Å². The Morgan fingerprint density at radius 3 is 2.58 bits per heavy atom. The van der Waals surface area contributed by atoms with Gasteiger partial charge >= 0.3 is 0 Å². The average Bonchev–Trinajstić information content (AvgIpc) is 3.33. The number of para-hydroxylation sites is 1. The molecule has 0 bridgehead atoms. The highest BCUT2D eigenvalue weighted by molar-refractivity contribution is 7.99. The molecule has 4 rings (SSSR count). The number of rotatable bonds is 7. The van der Waals surface area contributed by atoms with E-state index in [1.807, 2.05) is 32.0 Å². The first-order valence-electron chi connectivity index (χ1n) is 10.7. The third-order valence-electron chi connectivity index (χ3n) is 5.73. The van der Waals surface area contributed by atoms with Crippen molar-refractivity contribution in [2.75, 3.05) is 37.0 Å². The van der Waals surface area contributed by atoms with Crippen LogP contribution in [0.3, 0.4) is 0 Å². The molecule has 0 radical (unpaired) electrons. The maximum atomic E-state index is 13.1. The van der Waals surface area contributed by atoms with Gasteiger partial charge in [-0.2, -0.15) is 0 Å². The van der Waals surface area contributed by atoms with E-state index in [1.165, 1.54) is 17.3 Å². The van der Waals surface area contributed by atoms with Gasteiger partial charge in [0.2, 0.25) is 5.95 Å². The van der Waals surface area contributed by atoms with Crippen molar-refractivity contribution in [3.8, 4) is 5.69 Å². The van der Waals surface area contributed by atoms with Crippen LogP contribution in [0.4, 0.5) is 5.95 Å². The quantitative estimate of drug-likeness (QED) is 0.412. The third-order valence-corrected chi connectivity index (χ3v) is 6.69. The summed E-state index contributed by atoms with van der Waals surface area (Å²) in [7, 11) is 0. The molecule has 1 fully saturated rings. The van der Waals surface area contributed by atoms with E-state index in [4.69, 9.17) is 4.74 Å². The largest absolute Gasteiger partial charge is 0.378 e. The topological polar surface area (TPSA) is 65.2 Å². The summed E-state index contributed by atoms with van der Waals surface area (Å²) in [6, 6.07) is 10.2. The number of carbonyl (C=O) groups excluding carboxylic acids is 1. The first kappa shape index (κ1) is 21.6. The highest BCUT2D eigenvalue weighted by Gasteiger charge is 2.22. The molecular formula is C23H29N5O2S. The van der Waals surface area contributed by atoms with Gasteiger partial charge < -0.3 is 14.2 Å². The van der Waals surface area contributed by atoms with Gasteiger partial charge in [-0.25, -0.2) is 0 Å². The van der Waals surface area contributed by atoms with Gasteiger partial charge in [-0.3, -0.25) is 9.36 Å². The summed E-state index contributed by atoms with van der Waals surface area (Å²) in [6.07, 6.45) is 0. The van der Waals surface area contributed by atoms with E-state index >= 15 is 0 Å². The van der Waals surface area contributed by atoms with Crippen LogP contribution < -0.4 is 4.90 Å². The van der Waals surface area contributed by atoms with Crippen LogP contribution in [0.2, 0.25) is 0 Å². The fraction of sp³-hybridized carbons (Fsp3) is 0.435. The van der Waals surface area contributed by atoms with Gasteiger partial charge in [0.15, 0.2) is 10.9 Å². The smallest absolute Gasteiger partial charge is 0.228 e. The molecule has 1 saturated heterocycles. The van der Waals surface area contributed by atoms with Crippen LogP contribution in [0.25, 0.3) is 5.69 Å². The molecule has 0 atom stereocenters. The Hall–Kier alpha value is -2.58. The van der Waals surface area contributed by atoms with Crippen LogP contribution in [0.15, 0.2) is 35.5 Å². The van der Waals surface area contributed by atoms with E-state index in [0.717, 1.165) is 53.4 Å². The van der Waals surface area contributed by atoms with Crippen molar-refractivity contribution < 1.29 is 9.53 Å². The first-order valence-corrected chi connectivity index (χ1v) is 11.7. The highest BCUT2D eigenvalue weighted by atomic mass is 32.2. The molecule has 1 aliphatic heterocycles. The maximum absolute atomic E-state index is 13.1. The van der Waals surface area contributed by atoms with E-state index in [2.05, 4.69) is 50.2 Å². The van der Waals surface area contributed by atoms with E-state index in [0.29, 0.717) is 19.0 Å². The predicted molar refractivity (Wildman–Crippen MR) is 124 cm³/mol. The molecule has 3 heterocycles. The van der Waals surface area contributed by atoms with Crippen LogP contribution in [-0.4, -0.2) is 57.2 Å². The molecule has 2 aromatic heterocycles. The maximum Gasteiger partial charge on any atom is 0.228 e. The molecule has 0 spiro atoms. The normalized spacial score (nSPS) is 14.3. The molecule has 1 aliphatic rings. The number of anilines is 1. The second kappa shape index (κ2) is 9.28. The summed E-state index contributed by atoms with van der Waals surface area (Å²) in [5, 5.41) is 9.54. The molecule has 0 amide bonds. The SMILES string of the molecule is CCn1c(SCC(=O)c2cc(C)n(-c3ccccc3C)c2C)nnc1N1CCOCC1. The van der Waals surface area contributed by atoms with E-state index in [-0.39, 0.29) is 5.78 Å². The van der Waals surface area contributed by atoms with Crippen LogP contribution in [0.1, 0.15) is 34.2 Å². The molecule has 31 heavy (non-hydrogen) atoms. The molecule has 3 aromatic rings. The summed E-state index contributed by atoms with van der Waals surface area (Å²) >= 11 is 1.45. The number of aromatic nitrogens is 4. The Labute approximate surface area is 187 Å². The predicted octanol–water partition coefficient (Wildman–Crippen LogP) is 3.83. The summed E-state index contributed by atoms with van der Waals surface area (Å²) in [4.78, 5) is 15.3. The van der Waals surface area contributed by atoms with E-state index < -0.39 is 0 Å². The average molecular weight is 440 g/mol. The lowest BCUT2D eigenvalue weighted by Gasteiger charge is -2.27. The Morgan fingerprint density at radius 2 is 1.87 bits per heavy atom. The van der Waals surface area contributed by atoms with Crippen molar-refractivity contribution in [1.82, 2.24) is 19.3 Å². The Kier molecular flexibility index (Phi) is 6.48. The van der Waals surface area contributed by atoms with Gasteiger partial charge in [-0.15, -0.1) is 10.2 Å². The van der Waals surface area contributed by atoms with Gasteiger partial charge in [0, 0.05) is 42.3 Å². The van der Waals surface area contributed by atoms with Crippen molar-refractivity contribution in [3.05, 3.63) is 52.8 Å². The van der Waals surface area contributed by atoms with Crippen LogP contribution in [0, 0.1) is 20.8 Å². The van der Waals surface area contributed by atoms with Gasteiger partial charge in [-0.05, 0) is 45.4 Å². The molecule has 0 N–H and O–H groups in total. The minimum absolute atomic E-state index is 0.108. The summed E-state index contributed by atoms with van der Waals surface area (Å²) in [5.74, 6) is 1.30. The van der Waals surface area contributed by atoms with Crippen molar-refractivity contribution >= 4 is 23.5 Å². The molecule has 7 nitrogen and oxygen atoms in total. The summed E-state index contributed by atoms with van der Waals surface area (Å²) < 4.78 is 9.69. The lowest BCUT2D eigenvalue weighted by molar-refractivity contribution is 0.102. The molecule has 0 saturated carbocycles. The number of carbonyl (C=O) groups is 1. The van der Waals surface area contributed by atoms with Gasteiger partial charge in [0.25, 0.3) is 0 Å². The molecule has 0 unspecified atom stereocenters. The fourth-order valence-electron chi connectivity index (χ4n) is 4.10. The zero-order valence-electron chi connectivity index (χ0n) is 18.6. The molecule has 1 aromatic carbocycles. The number of benzene rings is 1. The minimum Gasteiger partial charge on any atom is -0.378 e. The first-order chi connectivity index (χ1) is 15.0. The second-order valence-corrected chi connectivity index (χ2v) is 8.69. The summed E-state index contributed by atoms with van der Waals surface area (Å²) in [5.41, 5.74) is 5.11. The van der Waals surface area contributed by atoms with Gasteiger partial charge in [0.1, 0.15) is 0 Å². The number of ketones is 1. The minimum atomic E-state index is 0.108. The Balaban J connectivity index is 1.52. The zero-order valence-corrected chi connectivity index (χ0v) is 19.4. The summed E-state index contributed by atoms with van der Waals surface area (Å²) in [6.45, 7) is 12.0. The second-order valence-electron chi connectivity index (χ2n) is 7.74. The monoisotopic (exact) mass is 439 g/mol. The Bertz CT molecular complexity index is 1080. The van der Waals surface area contributed by atoms with Gasteiger partial charge in [-0.1, -0.05) is 30.0 Å². The molecule has 0 aliphatic carbocycles. The lowest BCUT2D eigenvalue weighted by Crippen LogP contribution is -2.38. The van der Waals surface area contributed by atoms with E-state index in [1.54, 1.807) is 0 Å². The van der Waals surface area contributed by atoms with Crippen molar-refractivity contribution in [2.24, 2.45) is 0 Å². The molecular weight excluding hydrogens is 410 g/mol. The van der Waals surface area contributed by atoms with Crippen molar-refractivity contribution in [1.29, 1.82) is 0 Å². The standard InChI is InChI=1S/C23H29N5O2S/c1-5-27-22(26-10-12-30-13-11-26)24-25-23(27)31-15-21(29)19-14-17(3)28(18(19)4)20-9-7-6-8-16(20)2/h6-9,14H,5,10-13,15H2,1-4H3. The van der Waals surface area contributed by atoms with Crippen LogP contribution in [0.5, 0.6) is 0 Å². The van der Waals surface area contributed by atoms with Crippen molar-refractivity contribution in [3.63, 3.8) is 0 Å². The number of nitrogens with zero attached hydrogens (tertiary/aromatic N) is 5. The van der Waals surface area contributed by atoms with Crippen LogP contribution >= 0.6 is 11.8 Å². The number of hydrogen-bond acceptors (Lipinski definition) is 6. The third kappa shape index (κ3) is 4.27. The van der Waals surface area contributed by atoms with E-state index in [9.17, 15) is 4.79 Å². The number of thioether (sulfide) groups is 1.